The van der Waals surface area contributed by atoms with E-state index in [1.54, 1.807) is 20.2 Å². The third-order valence-electron chi connectivity index (χ3n) is 4.14. The van der Waals surface area contributed by atoms with Crippen molar-refractivity contribution >= 4 is 11.7 Å². The zero-order chi connectivity index (χ0) is 15.4. The van der Waals surface area contributed by atoms with E-state index in [1.165, 1.54) is 10.6 Å². The van der Waals surface area contributed by atoms with Gasteiger partial charge in [-0.2, -0.15) is 0 Å². The molecule has 0 saturated heterocycles. The Morgan fingerprint density at radius 2 is 2.14 bits per heavy atom. The molecule has 0 radical (unpaired) electrons. The molecule has 1 aliphatic carbocycles. The van der Waals surface area contributed by atoms with Crippen molar-refractivity contribution in [2.24, 2.45) is 13.0 Å². The van der Waals surface area contributed by atoms with E-state index < -0.39 is 0 Å². The molecule has 6 nitrogen and oxygen atoms in total. The van der Waals surface area contributed by atoms with Crippen LogP contribution in [0.5, 0.6) is 0 Å². The molecule has 0 bridgehead atoms. The van der Waals surface area contributed by atoms with Crippen molar-refractivity contribution in [1.29, 1.82) is 0 Å². The summed E-state index contributed by atoms with van der Waals surface area (Å²) in [5.41, 5.74) is 1.24. The summed E-state index contributed by atoms with van der Waals surface area (Å²) in [6.45, 7) is 1.89. The first-order chi connectivity index (χ1) is 10.0. The van der Waals surface area contributed by atoms with Gasteiger partial charge in [0.15, 0.2) is 0 Å². The molecule has 1 fully saturated rings. The normalized spacial score (nSPS) is 21.9. The number of carbonyl (C=O) groups is 1. The molecule has 1 heterocycles. The first kappa shape index (κ1) is 15.6. The highest BCUT2D eigenvalue weighted by molar-refractivity contribution is 5.90. The summed E-state index contributed by atoms with van der Waals surface area (Å²) in [6, 6.07) is 1.21. The van der Waals surface area contributed by atoms with Crippen molar-refractivity contribution in [1.82, 2.24) is 9.88 Å². The highest BCUT2D eigenvalue weighted by atomic mass is 16.3. The fourth-order valence-corrected chi connectivity index (χ4v) is 2.80. The maximum Gasteiger partial charge on any atom is 0.319 e. The standard InChI is InChI=1S/C15H23N3O3/c1-10-7-14(20)18(2)8-13(10)17-15(21)16-12-6-4-3-5-11(12)9-19/h7-8,11-12,19H,3-6,9H2,1-2H3,(H2,16,17,21). The summed E-state index contributed by atoms with van der Waals surface area (Å²) in [5.74, 6) is 0.130. The molecule has 21 heavy (non-hydrogen) atoms. The van der Waals surface area contributed by atoms with E-state index in [-0.39, 0.29) is 30.2 Å². The Kier molecular flexibility index (Phi) is 5.01. The number of aromatic nitrogens is 1. The third kappa shape index (κ3) is 3.85. The van der Waals surface area contributed by atoms with Crippen LogP contribution in [0.25, 0.3) is 0 Å². The Bertz CT molecular complexity index is 568. The Labute approximate surface area is 124 Å². The third-order valence-corrected chi connectivity index (χ3v) is 4.14. The van der Waals surface area contributed by atoms with E-state index in [0.29, 0.717) is 5.69 Å². The van der Waals surface area contributed by atoms with Crippen molar-refractivity contribution in [2.45, 2.75) is 38.6 Å². The van der Waals surface area contributed by atoms with Gasteiger partial charge < -0.3 is 20.3 Å². The summed E-state index contributed by atoms with van der Waals surface area (Å²) in [6.07, 6.45) is 5.62. The van der Waals surface area contributed by atoms with Crippen LogP contribution in [0.1, 0.15) is 31.2 Å². The van der Waals surface area contributed by atoms with Gasteiger partial charge in [0.05, 0.1) is 5.69 Å². The van der Waals surface area contributed by atoms with Gasteiger partial charge in [-0.25, -0.2) is 4.79 Å². The second-order valence-electron chi connectivity index (χ2n) is 5.75. The number of nitrogens with zero attached hydrogens (tertiary/aromatic N) is 1. The van der Waals surface area contributed by atoms with Gasteiger partial charge >= 0.3 is 6.03 Å². The largest absolute Gasteiger partial charge is 0.396 e. The quantitative estimate of drug-likeness (QED) is 0.787. The van der Waals surface area contributed by atoms with Crippen molar-refractivity contribution < 1.29 is 9.90 Å². The van der Waals surface area contributed by atoms with Crippen LogP contribution in [0, 0.1) is 12.8 Å². The topological polar surface area (TPSA) is 83.4 Å². The van der Waals surface area contributed by atoms with Crippen molar-refractivity contribution in [3.63, 3.8) is 0 Å². The van der Waals surface area contributed by atoms with Gasteiger partial charge in [-0.15, -0.1) is 0 Å². The first-order valence-electron chi connectivity index (χ1n) is 7.37. The number of hydrogen-bond donors (Lipinski definition) is 3. The summed E-state index contributed by atoms with van der Waals surface area (Å²) in [5, 5.41) is 15.1. The predicted octanol–water partition coefficient (Wildman–Crippen LogP) is 1.37. The molecule has 0 spiro atoms. The van der Waals surface area contributed by atoms with Gasteiger partial charge in [0, 0.05) is 37.9 Å². The highest BCUT2D eigenvalue weighted by Crippen LogP contribution is 2.24. The van der Waals surface area contributed by atoms with Gasteiger partial charge in [-0.05, 0) is 25.3 Å². The van der Waals surface area contributed by atoms with Crippen molar-refractivity contribution in [3.8, 4) is 0 Å². The number of anilines is 1. The maximum atomic E-state index is 12.1. The van der Waals surface area contributed by atoms with Crippen LogP contribution in [0.2, 0.25) is 0 Å². The Morgan fingerprint density at radius 3 is 2.86 bits per heavy atom. The van der Waals surface area contributed by atoms with E-state index in [0.717, 1.165) is 31.2 Å². The zero-order valence-corrected chi connectivity index (χ0v) is 12.6. The number of pyridine rings is 1. The van der Waals surface area contributed by atoms with Gasteiger partial charge in [0.1, 0.15) is 0 Å². The molecule has 3 N–H and O–H groups in total. The molecule has 6 heteroatoms. The minimum absolute atomic E-state index is 0.0107. The van der Waals surface area contributed by atoms with Crippen LogP contribution in [0.15, 0.2) is 17.1 Å². The molecule has 0 aromatic carbocycles. The lowest BCUT2D eigenvalue weighted by molar-refractivity contribution is 0.156. The van der Waals surface area contributed by atoms with Gasteiger partial charge in [-0.3, -0.25) is 4.79 Å². The average Bonchev–Trinajstić information content (AvgIpc) is 2.45. The number of rotatable bonds is 3. The Balaban J connectivity index is 2.01. The molecule has 1 aromatic rings. The number of carbonyl (C=O) groups excluding carboxylic acids is 1. The van der Waals surface area contributed by atoms with Gasteiger partial charge in [0.2, 0.25) is 0 Å². The molecule has 1 saturated carbocycles. The van der Waals surface area contributed by atoms with Crippen molar-refractivity contribution in [3.05, 3.63) is 28.2 Å². The lowest BCUT2D eigenvalue weighted by Crippen LogP contribution is -2.45. The summed E-state index contributed by atoms with van der Waals surface area (Å²) >= 11 is 0. The summed E-state index contributed by atoms with van der Waals surface area (Å²) < 4.78 is 1.43. The van der Waals surface area contributed by atoms with Gasteiger partial charge in [-0.1, -0.05) is 12.8 Å². The van der Waals surface area contributed by atoms with E-state index in [9.17, 15) is 14.7 Å². The van der Waals surface area contributed by atoms with E-state index >= 15 is 0 Å². The average molecular weight is 293 g/mol. The summed E-state index contributed by atoms with van der Waals surface area (Å²) in [7, 11) is 1.65. The fourth-order valence-electron chi connectivity index (χ4n) is 2.80. The van der Waals surface area contributed by atoms with Crippen LogP contribution < -0.4 is 16.2 Å². The molecule has 1 aliphatic rings. The summed E-state index contributed by atoms with van der Waals surface area (Å²) in [4.78, 5) is 23.6. The Hall–Kier alpha value is -1.82. The van der Waals surface area contributed by atoms with Crippen LogP contribution in [-0.4, -0.2) is 28.4 Å². The van der Waals surface area contributed by atoms with Crippen molar-refractivity contribution in [2.75, 3.05) is 11.9 Å². The molecule has 2 rings (SSSR count). The number of urea groups is 1. The zero-order valence-electron chi connectivity index (χ0n) is 12.6. The number of aliphatic hydroxyl groups excluding tert-OH is 1. The Morgan fingerprint density at radius 1 is 1.43 bits per heavy atom. The number of amides is 2. The number of aryl methyl sites for hydroxylation is 2. The van der Waals surface area contributed by atoms with E-state index in [1.807, 2.05) is 0 Å². The van der Waals surface area contributed by atoms with Crippen LogP contribution in [-0.2, 0) is 7.05 Å². The molecular weight excluding hydrogens is 270 g/mol. The highest BCUT2D eigenvalue weighted by Gasteiger charge is 2.25. The number of hydrogen-bond acceptors (Lipinski definition) is 3. The monoisotopic (exact) mass is 293 g/mol. The van der Waals surface area contributed by atoms with Crippen LogP contribution in [0.3, 0.4) is 0 Å². The molecule has 2 amide bonds. The first-order valence-corrected chi connectivity index (χ1v) is 7.37. The maximum absolute atomic E-state index is 12.1. The lowest BCUT2D eigenvalue weighted by Gasteiger charge is -2.30. The van der Waals surface area contributed by atoms with E-state index in [2.05, 4.69) is 10.6 Å². The second kappa shape index (κ2) is 6.76. The fraction of sp³-hybridized carbons (Fsp3) is 0.600. The number of nitrogens with one attached hydrogen (secondary N) is 2. The van der Waals surface area contributed by atoms with Crippen LogP contribution in [0.4, 0.5) is 10.5 Å². The molecule has 2 unspecified atom stereocenters. The van der Waals surface area contributed by atoms with Crippen LogP contribution >= 0.6 is 0 Å². The second-order valence-corrected chi connectivity index (χ2v) is 5.75. The molecular formula is C15H23N3O3. The molecule has 1 aromatic heterocycles. The van der Waals surface area contributed by atoms with Gasteiger partial charge in [0.25, 0.3) is 5.56 Å². The minimum Gasteiger partial charge on any atom is -0.396 e. The SMILES string of the molecule is Cc1cc(=O)n(C)cc1NC(=O)NC1CCCCC1CO. The molecule has 116 valence electrons. The number of aliphatic hydroxyl groups is 1. The van der Waals surface area contributed by atoms with E-state index in [4.69, 9.17) is 0 Å². The minimum atomic E-state index is -0.290. The predicted molar refractivity (Wildman–Crippen MR) is 81.4 cm³/mol. The lowest BCUT2D eigenvalue weighted by atomic mass is 9.85. The molecule has 2 atom stereocenters. The smallest absolute Gasteiger partial charge is 0.319 e. The molecule has 0 aliphatic heterocycles.